The third-order valence-electron chi connectivity index (χ3n) is 6.53. The Bertz CT molecular complexity index is 884. The lowest BCUT2D eigenvalue weighted by molar-refractivity contribution is -0.140. The lowest BCUT2D eigenvalue weighted by Gasteiger charge is -2.34. The van der Waals surface area contributed by atoms with E-state index < -0.39 is 10.0 Å². The van der Waals surface area contributed by atoms with Gasteiger partial charge in [0.15, 0.2) is 0 Å². The number of carbonyl (C=O) groups is 2. The van der Waals surface area contributed by atoms with Crippen LogP contribution in [0.15, 0.2) is 23.1 Å². The summed E-state index contributed by atoms with van der Waals surface area (Å²) >= 11 is 0. The highest BCUT2D eigenvalue weighted by molar-refractivity contribution is 7.89. The van der Waals surface area contributed by atoms with E-state index in [0.29, 0.717) is 25.9 Å². The van der Waals surface area contributed by atoms with Gasteiger partial charge in [0.25, 0.3) is 0 Å². The highest BCUT2D eigenvalue weighted by atomic mass is 32.2. The van der Waals surface area contributed by atoms with Crippen LogP contribution in [0.5, 0.6) is 0 Å². The summed E-state index contributed by atoms with van der Waals surface area (Å²) in [6.45, 7) is 6.72. The molecule has 0 atom stereocenters. The van der Waals surface area contributed by atoms with Crippen molar-refractivity contribution in [2.45, 2.75) is 63.7 Å². The molecule has 2 aliphatic rings. The van der Waals surface area contributed by atoms with E-state index in [1.807, 2.05) is 18.7 Å². The first-order valence-corrected chi connectivity index (χ1v) is 12.9. The summed E-state index contributed by atoms with van der Waals surface area (Å²) in [5, 5.41) is 0. The van der Waals surface area contributed by atoms with Crippen molar-refractivity contribution in [2.75, 3.05) is 32.7 Å². The van der Waals surface area contributed by atoms with E-state index in [9.17, 15) is 18.0 Å². The van der Waals surface area contributed by atoms with Crippen molar-refractivity contribution in [2.24, 2.45) is 5.92 Å². The topological polar surface area (TPSA) is 86.8 Å². The molecule has 8 heteroatoms. The zero-order valence-electron chi connectivity index (χ0n) is 18.7. The van der Waals surface area contributed by atoms with Gasteiger partial charge in [0.2, 0.25) is 21.8 Å². The third kappa shape index (κ3) is 6.29. The molecule has 3 rings (SSSR count). The highest BCUT2D eigenvalue weighted by Crippen LogP contribution is 2.22. The summed E-state index contributed by atoms with van der Waals surface area (Å²) in [4.78, 5) is 29.3. The summed E-state index contributed by atoms with van der Waals surface area (Å²) in [5.74, 6) is 0.184. The van der Waals surface area contributed by atoms with E-state index in [0.717, 1.165) is 37.1 Å². The molecule has 0 spiro atoms. The Hall–Kier alpha value is -1.93. The fourth-order valence-electron chi connectivity index (χ4n) is 4.34. The molecule has 0 aromatic heterocycles. The Labute approximate surface area is 186 Å². The number of nitrogens with one attached hydrogen (secondary N) is 1. The monoisotopic (exact) mass is 449 g/mol. The second-order valence-corrected chi connectivity index (χ2v) is 10.6. The van der Waals surface area contributed by atoms with Crippen molar-refractivity contribution in [1.82, 2.24) is 14.5 Å². The molecule has 2 amide bonds. The summed E-state index contributed by atoms with van der Waals surface area (Å²) in [6, 6.07) is 5.01. The molecule has 2 fully saturated rings. The number of sulfonamides is 1. The van der Waals surface area contributed by atoms with Gasteiger partial charge in [0, 0.05) is 45.1 Å². The normalized spacial score (nSPS) is 18.6. The molecule has 0 unspecified atom stereocenters. The van der Waals surface area contributed by atoms with Gasteiger partial charge in [-0.15, -0.1) is 0 Å². The Morgan fingerprint density at radius 1 is 0.935 bits per heavy atom. The molecule has 0 bridgehead atoms. The van der Waals surface area contributed by atoms with Gasteiger partial charge in [-0.1, -0.05) is 18.9 Å². The van der Waals surface area contributed by atoms with Crippen molar-refractivity contribution < 1.29 is 18.0 Å². The van der Waals surface area contributed by atoms with Crippen LogP contribution in [0.1, 0.15) is 56.1 Å². The minimum atomic E-state index is -3.63. The number of piperidine rings is 1. The van der Waals surface area contributed by atoms with Crippen LogP contribution in [0.2, 0.25) is 0 Å². The molecule has 1 N–H and O–H groups in total. The number of benzene rings is 1. The van der Waals surface area contributed by atoms with E-state index in [4.69, 9.17) is 0 Å². The number of nitrogens with zero attached hydrogens (tertiary/aromatic N) is 2. The fraction of sp³-hybridized carbons (Fsp3) is 0.652. The SMILES string of the molecule is Cc1ccc(S(=O)(=O)NCCC(=O)N2CCC(C(=O)N3CCCCCC3)CC2)cc1C. The lowest BCUT2D eigenvalue weighted by Crippen LogP contribution is -2.45. The second kappa shape index (κ2) is 10.6. The molecule has 0 aliphatic carbocycles. The van der Waals surface area contributed by atoms with Crippen molar-refractivity contribution >= 4 is 21.8 Å². The van der Waals surface area contributed by atoms with Crippen molar-refractivity contribution in [3.05, 3.63) is 29.3 Å². The number of carbonyl (C=O) groups excluding carboxylic acids is 2. The maximum absolute atomic E-state index is 12.8. The van der Waals surface area contributed by atoms with Crippen molar-refractivity contribution in [3.8, 4) is 0 Å². The number of hydrogen-bond donors (Lipinski definition) is 1. The Morgan fingerprint density at radius 3 is 2.19 bits per heavy atom. The molecule has 2 aliphatic heterocycles. The first-order chi connectivity index (χ1) is 14.8. The zero-order valence-corrected chi connectivity index (χ0v) is 19.5. The average Bonchev–Trinajstić information content (AvgIpc) is 3.04. The minimum absolute atomic E-state index is 0.00503. The predicted molar refractivity (Wildman–Crippen MR) is 120 cm³/mol. The van der Waals surface area contributed by atoms with Crippen LogP contribution in [-0.4, -0.2) is 62.8 Å². The summed E-state index contributed by atoms with van der Waals surface area (Å²) in [6.07, 6.45) is 6.07. The van der Waals surface area contributed by atoms with Gasteiger partial charge in [-0.3, -0.25) is 9.59 Å². The van der Waals surface area contributed by atoms with Crippen molar-refractivity contribution in [3.63, 3.8) is 0 Å². The van der Waals surface area contributed by atoms with Crippen LogP contribution in [0, 0.1) is 19.8 Å². The molecule has 0 saturated carbocycles. The van der Waals surface area contributed by atoms with Crippen LogP contribution in [0.4, 0.5) is 0 Å². The minimum Gasteiger partial charge on any atom is -0.343 e. The molecule has 7 nitrogen and oxygen atoms in total. The van der Waals surface area contributed by atoms with Gasteiger partial charge in [0.05, 0.1) is 4.90 Å². The predicted octanol–water partition coefficient (Wildman–Crippen LogP) is 2.61. The Morgan fingerprint density at radius 2 is 1.58 bits per heavy atom. The van der Waals surface area contributed by atoms with Gasteiger partial charge >= 0.3 is 0 Å². The molecule has 172 valence electrons. The third-order valence-corrected chi connectivity index (χ3v) is 7.99. The smallest absolute Gasteiger partial charge is 0.240 e. The first kappa shape index (κ1) is 23.7. The number of amides is 2. The lowest BCUT2D eigenvalue weighted by atomic mass is 9.95. The van der Waals surface area contributed by atoms with Gasteiger partial charge in [-0.2, -0.15) is 0 Å². The van der Waals surface area contributed by atoms with Crippen LogP contribution in [0.25, 0.3) is 0 Å². The molecule has 1 aromatic carbocycles. The number of aryl methyl sites for hydroxylation is 2. The number of likely N-dealkylation sites (tertiary alicyclic amines) is 2. The molecule has 1 aromatic rings. The Balaban J connectivity index is 1.43. The van der Waals surface area contributed by atoms with Gasteiger partial charge in [0.1, 0.15) is 0 Å². The average molecular weight is 450 g/mol. The van der Waals surface area contributed by atoms with E-state index in [1.54, 1.807) is 23.1 Å². The molecule has 2 heterocycles. The molecule has 2 saturated heterocycles. The van der Waals surface area contributed by atoms with Gasteiger partial charge < -0.3 is 9.80 Å². The van der Waals surface area contributed by atoms with E-state index in [-0.39, 0.29) is 35.6 Å². The van der Waals surface area contributed by atoms with Gasteiger partial charge in [-0.25, -0.2) is 13.1 Å². The highest BCUT2D eigenvalue weighted by Gasteiger charge is 2.30. The second-order valence-electron chi connectivity index (χ2n) is 8.79. The molecular weight excluding hydrogens is 414 g/mol. The maximum atomic E-state index is 12.8. The maximum Gasteiger partial charge on any atom is 0.240 e. The summed E-state index contributed by atoms with van der Waals surface area (Å²) in [5.41, 5.74) is 1.95. The number of hydrogen-bond acceptors (Lipinski definition) is 4. The van der Waals surface area contributed by atoms with Crippen LogP contribution >= 0.6 is 0 Å². The van der Waals surface area contributed by atoms with Crippen molar-refractivity contribution in [1.29, 1.82) is 0 Å². The van der Waals surface area contributed by atoms with E-state index in [1.165, 1.54) is 12.8 Å². The van der Waals surface area contributed by atoms with E-state index in [2.05, 4.69) is 4.72 Å². The summed E-state index contributed by atoms with van der Waals surface area (Å²) in [7, 11) is -3.63. The fourth-order valence-corrected chi connectivity index (χ4v) is 5.46. The molecule has 0 radical (unpaired) electrons. The van der Waals surface area contributed by atoms with Gasteiger partial charge in [-0.05, 0) is 62.8 Å². The Kier molecular flexibility index (Phi) is 8.11. The largest absolute Gasteiger partial charge is 0.343 e. The molecular formula is C23H35N3O4S. The van der Waals surface area contributed by atoms with Crippen LogP contribution < -0.4 is 4.72 Å². The zero-order chi connectivity index (χ0) is 22.4. The van der Waals surface area contributed by atoms with Crippen LogP contribution in [-0.2, 0) is 19.6 Å². The summed E-state index contributed by atoms with van der Waals surface area (Å²) < 4.78 is 27.5. The van der Waals surface area contributed by atoms with E-state index >= 15 is 0 Å². The number of rotatable bonds is 6. The van der Waals surface area contributed by atoms with Crippen LogP contribution in [0.3, 0.4) is 0 Å². The standard InChI is InChI=1S/C23H35N3O4S/c1-18-7-8-21(17-19(18)2)31(29,30)24-12-9-22(27)25-15-10-20(11-16-25)23(28)26-13-5-3-4-6-14-26/h7-8,17,20,24H,3-6,9-16H2,1-2H3. The first-order valence-electron chi connectivity index (χ1n) is 11.4. The molecule has 31 heavy (non-hydrogen) atoms. The quantitative estimate of drug-likeness (QED) is 0.723.